The Kier molecular flexibility index (Phi) is 4.10. The molecule has 0 bridgehead atoms. The zero-order chi connectivity index (χ0) is 14.5. The van der Waals surface area contributed by atoms with Crippen LogP contribution in [0.3, 0.4) is 0 Å². The van der Waals surface area contributed by atoms with E-state index in [-0.39, 0.29) is 11.3 Å². The van der Waals surface area contributed by atoms with Gasteiger partial charge in [0.2, 0.25) is 0 Å². The molecule has 0 aliphatic rings. The highest BCUT2D eigenvalue weighted by Gasteiger charge is 2.14. The topological polar surface area (TPSA) is 65.5 Å². The number of aldehydes is 1. The van der Waals surface area contributed by atoms with Crippen LogP contribution in [0.15, 0.2) is 36.4 Å². The predicted molar refractivity (Wildman–Crippen MR) is 73.0 cm³/mol. The summed E-state index contributed by atoms with van der Waals surface area (Å²) in [5.74, 6) is 0.103. The molecule has 5 heteroatoms. The molecule has 0 radical (unpaired) electrons. The fourth-order valence-electron chi connectivity index (χ4n) is 1.79. The van der Waals surface area contributed by atoms with E-state index in [9.17, 15) is 9.59 Å². The number of carbonyl (C=O) groups excluding carboxylic acids is 2. The van der Waals surface area contributed by atoms with E-state index in [0.717, 1.165) is 5.56 Å². The van der Waals surface area contributed by atoms with E-state index >= 15 is 0 Å². The third-order valence-corrected chi connectivity index (χ3v) is 2.81. The molecule has 0 saturated carbocycles. The van der Waals surface area contributed by atoms with Gasteiger partial charge in [-0.15, -0.1) is 0 Å². The van der Waals surface area contributed by atoms with Gasteiger partial charge < -0.3 is 9.47 Å². The van der Waals surface area contributed by atoms with Crippen LogP contribution in [0.25, 0.3) is 11.3 Å². The van der Waals surface area contributed by atoms with Gasteiger partial charge in [-0.25, -0.2) is 9.78 Å². The number of ether oxygens (including phenoxy) is 2. The molecule has 1 aromatic carbocycles. The fourth-order valence-corrected chi connectivity index (χ4v) is 1.79. The Morgan fingerprint density at radius 3 is 2.65 bits per heavy atom. The predicted octanol–water partition coefficient (Wildman–Crippen LogP) is 2.36. The van der Waals surface area contributed by atoms with Crippen molar-refractivity contribution in [1.82, 2.24) is 4.98 Å². The number of rotatable bonds is 4. The number of carbonyl (C=O) groups is 2. The zero-order valence-electron chi connectivity index (χ0n) is 11.1. The maximum absolute atomic E-state index is 11.5. The molecule has 20 heavy (non-hydrogen) atoms. The fraction of sp³-hybridized carbons (Fsp3) is 0.133. The summed E-state index contributed by atoms with van der Waals surface area (Å²) < 4.78 is 9.74. The summed E-state index contributed by atoms with van der Waals surface area (Å²) in [4.78, 5) is 26.7. The summed E-state index contributed by atoms with van der Waals surface area (Å²) in [6.07, 6.45) is 0.538. The second-order valence-corrected chi connectivity index (χ2v) is 3.97. The van der Waals surface area contributed by atoms with E-state index in [1.54, 1.807) is 19.2 Å². The molecular weight excluding hydrogens is 258 g/mol. The largest absolute Gasteiger partial charge is 0.497 e. The number of pyridine rings is 1. The van der Waals surface area contributed by atoms with Gasteiger partial charge in [-0.3, -0.25) is 4.79 Å². The number of hydrogen-bond acceptors (Lipinski definition) is 5. The average Bonchev–Trinajstić information content (AvgIpc) is 2.53. The molecule has 0 N–H and O–H groups in total. The number of nitrogens with zero attached hydrogens (tertiary/aromatic N) is 1. The molecule has 1 aromatic heterocycles. The van der Waals surface area contributed by atoms with Gasteiger partial charge in [0.1, 0.15) is 11.4 Å². The Morgan fingerprint density at radius 1 is 1.20 bits per heavy atom. The minimum Gasteiger partial charge on any atom is -0.497 e. The van der Waals surface area contributed by atoms with Gasteiger partial charge in [-0.1, -0.05) is 12.1 Å². The van der Waals surface area contributed by atoms with Crippen LogP contribution in [0.2, 0.25) is 0 Å². The van der Waals surface area contributed by atoms with Gasteiger partial charge in [-0.2, -0.15) is 0 Å². The second kappa shape index (κ2) is 5.97. The van der Waals surface area contributed by atoms with Crippen LogP contribution >= 0.6 is 0 Å². The Balaban J connectivity index is 2.48. The molecule has 0 amide bonds. The Morgan fingerprint density at radius 2 is 2.00 bits per heavy atom. The smallest absolute Gasteiger partial charge is 0.340 e. The normalized spacial score (nSPS) is 9.90. The SMILES string of the molecule is COC(=O)c1ccc(-c2cccc(OC)c2)nc1C=O. The molecule has 5 nitrogen and oxygen atoms in total. The van der Waals surface area contributed by atoms with Crippen molar-refractivity contribution in [2.24, 2.45) is 0 Å². The average molecular weight is 271 g/mol. The van der Waals surface area contributed by atoms with Crippen molar-refractivity contribution in [2.75, 3.05) is 14.2 Å². The van der Waals surface area contributed by atoms with E-state index in [4.69, 9.17) is 4.74 Å². The lowest BCUT2D eigenvalue weighted by molar-refractivity contribution is 0.0597. The van der Waals surface area contributed by atoms with Crippen LogP contribution < -0.4 is 4.74 Å². The zero-order valence-corrected chi connectivity index (χ0v) is 11.1. The monoisotopic (exact) mass is 271 g/mol. The summed E-state index contributed by atoms with van der Waals surface area (Å²) in [6.45, 7) is 0. The van der Waals surface area contributed by atoms with E-state index < -0.39 is 5.97 Å². The first-order valence-electron chi connectivity index (χ1n) is 5.88. The van der Waals surface area contributed by atoms with Crippen LogP contribution in [-0.2, 0) is 4.74 Å². The first-order chi connectivity index (χ1) is 9.69. The van der Waals surface area contributed by atoms with Crippen molar-refractivity contribution in [3.63, 3.8) is 0 Å². The quantitative estimate of drug-likeness (QED) is 0.631. The molecule has 0 aliphatic carbocycles. The number of methoxy groups -OCH3 is 2. The Bertz CT molecular complexity index is 652. The van der Waals surface area contributed by atoms with Gasteiger partial charge in [0.05, 0.1) is 25.5 Å². The molecule has 0 atom stereocenters. The molecule has 1 heterocycles. The van der Waals surface area contributed by atoms with E-state index in [1.165, 1.54) is 13.2 Å². The third kappa shape index (κ3) is 2.66. The summed E-state index contributed by atoms with van der Waals surface area (Å²) >= 11 is 0. The van der Waals surface area contributed by atoms with Crippen LogP contribution in [-0.4, -0.2) is 31.5 Å². The lowest BCUT2D eigenvalue weighted by Gasteiger charge is -2.07. The van der Waals surface area contributed by atoms with Crippen LogP contribution in [0.1, 0.15) is 20.8 Å². The summed E-state index contributed by atoms with van der Waals surface area (Å²) in [5, 5.41) is 0. The Labute approximate surface area is 116 Å². The molecule has 0 fully saturated rings. The highest BCUT2D eigenvalue weighted by atomic mass is 16.5. The number of hydrogen-bond donors (Lipinski definition) is 0. The van der Waals surface area contributed by atoms with Crippen molar-refractivity contribution in [2.45, 2.75) is 0 Å². The van der Waals surface area contributed by atoms with Crippen molar-refractivity contribution in [3.05, 3.63) is 47.7 Å². The van der Waals surface area contributed by atoms with E-state index in [0.29, 0.717) is 17.7 Å². The van der Waals surface area contributed by atoms with Crippen molar-refractivity contribution >= 4 is 12.3 Å². The minimum absolute atomic E-state index is 0.0529. The first-order valence-corrected chi connectivity index (χ1v) is 5.88. The van der Waals surface area contributed by atoms with Crippen LogP contribution in [0, 0.1) is 0 Å². The van der Waals surface area contributed by atoms with Crippen molar-refractivity contribution in [1.29, 1.82) is 0 Å². The molecule has 2 rings (SSSR count). The molecule has 102 valence electrons. The molecular formula is C15H13NO4. The molecule has 0 aliphatic heterocycles. The van der Waals surface area contributed by atoms with Gasteiger partial charge in [0, 0.05) is 5.56 Å². The maximum Gasteiger partial charge on any atom is 0.340 e. The standard InChI is InChI=1S/C15H13NO4/c1-19-11-5-3-4-10(8-11)13-7-6-12(15(18)20-2)14(9-17)16-13/h3-9H,1-2H3. The highest BCUT2D eigenvalue weighted by Crippen LogP contribution is 2.23. The molecule has 0 spiro atoms. The molecule has 0 saturated heterocycles. The Hall–Kier alpha value is -2.69. The van der Waals surface area contributed by atoms with E-state index in [1.807, 2.05) is 18.2 Å². The number of aromatic nitrogens is 1. The molecule has 0 unspecified atom stereocenters. The second-order valence-electron chi connectivity index (χ2n) is 3.97. The summed E-state index contributed by atoms with van der Waals surface area (Å²) in [5.41, 5.74) is 1.58. The number of esters is 1. The van der Waals surface area contributed by atoms with Crippen molar-refractivity contribution in [3.8, 4) is 17.0 Å². The van der Waals surface area contributed by atoms with Gasteiger partial charge in [0.15, 0.2) is 6.29 Å². The molecule has 2 aromatic rings. The van der Waals surface area contributed by atoms with Gasteiger partial charge in [0.25, 0.3) is 0 Å². The van der Waals surface area contributed by atoms with Gasteiger partial charge in [-0.05, 0) is 24.3 Å². The number of benzene rings is 1. The van der Waals surface area contributed by atoms with Gasteiger partial charge >= 0.3 is 5.97 Å². The third-order valence-electron chi connectivity index (χ3n) is 2.81. The van der Waals surface area contributed by atoms with Crippen molar-refractivity contribution < 1.29 is 19.1 Å². The van der Waals surface area contributed by atoms with E-state index in [2.05, 4.69) is 9.72 Å². The lowest BCUT2D eigenvalue weighted by Crippen LogP contribution is -2.07. The summed E-state index contributed by atoms with van der Waals surface area (Å²) in [7, 11) is 2.83. The van der Waals surface area contributed by atoms with Crippen LogP contribution in [0.4, 0.5) is 0 Å². The summed E-state index contributed by atoms with van der Waals surface area (Å²) in [6, 6.07) is 10.5. The van der Waals surface area contributed by atoms with Crippen LogP contribution in [0.5, 0.6) is 5.75 Å². The highest BCUT2D eigenvalue weighted by molar-refractivity contribution is 5.97. The lowest BCUT2D eigenvalue weighted by atomic mass is 10.1. The maximum atomic E-state index is 11.5. The first kappa shape index (κ1) is 13.7. The minimum atomic E-state index is -0.586.